The number of rotatable bonds is 13. The van der Waals surface area contributed by atoms with E-state index in [0.717, 1.165) is 89.3 Å². The highest BCUT2D eigenvalue weighted by molar-refractivity contribution is 6.06. The highest BCUT2D eigenvalue weighted by Gasteiger charge is 2.35. The number of hydrogen-bond donors (Lipinski definition) is 5. The fraction of sp³-hybridized carbons (Fsp3) is 0.391. The Morgan fingerprint density at radius 3 is 1.56 bits per heavy atom. The van der Waals surface area contributed by atoms with Crippen LogP contribution in [0.5, 0.6) is 0 Å². The molecule has 1 aliphatic heterocycles. The molecule has 80 heavy (non-hydrogen) atoms. The van der Waals surface area contributed by atoms with Crippen LogP contribution in [-0.4, -0.2) is 77.7 Å². The summed E-state index contributed by atoms with van der Waals surface area (Å²) in [5.41, 5.74) is 8.16. The van der Waals surface area contributed by atoms with E-state index in [1.807, 2.05) is 111 Å². The predicted octanol–water partition coefficient (Wildman–Crippen LogP) is 15.9. The molecule has 2 amide bonds. The third-order valence-electron chi connectivity index (χ3n) is 12.6. The van der Waals surface area contributed by atoms with Crippen LogP contribution in [0.2, 0.25) is 0 Å². The van der Waals surface area contributed by atoms with Crippen molar-refractivity contribution in [2.75, 3.05) is 59.8 Å². The zero-order chi connectivity index (χ0) is 58.6. The number of ketones is 1. The molecule has 0 unspecified atom stereocenters. The van der Waals surface area contributed by atoms with Crippen molar-refractivity contribution in [2.24, 2.45) is 0 Å². The monoisotopic (exact) mass is 1110 g/mol. The van der Waals surface area contributed by atoms with Gasteiger partial charge in [0.05, 0.1) is 11.1 Å². The molecule has 0 aliphatic carbocycles. The van der Waals surface area contributed by atoms with Crippen LogP contribution >= 0.6 is 0 Å². The number of benzene rings is 6. The zero-order valence-electron chi connectivity index (χ0n) is 47.8. The van der Waals surface area contributed by atoms with Gasteiger partial charge in [-0.2, -0.15) is 26.3 Å². The minimum atomic E-state index is -4.50. The lowest BCUT2D eigenvalue weighted by Gasteiger charge is -2.33. The van der Waals surface area contributed by atoms with Gasteiger partial charge >= 0.3 is 12.4 Å². The van der Waals surface area contributed by atoms with Gasteiger partial charge in [-0.25, -0.2) is 0 Å². The van der Waals surface area contributed by atoms with E-state index in [9.17, 15) is 40.7 Å². The number of nitrogens with one attached hydrogen (secondary N) is 5. The molecule has 432 valence electrons. The standard InChI is InChI=1S/C25H33F3N4O.C19H21F3N2O.C19H23NO.CH4/c1-17-6-7-18(14-22(17)30-24(2,3)4)23(33)29-20-9-8-19(21(15-20)25(26,27)28)16-32-12-10-31(5)11-13-32;1-12-8-9-13(10-16(12)24-18(2,3)4)17(25)23-15-7-5-6-14(11-15)19(20,21)22;1-13(2)20-18-11-16(9-8-15(18)4)12-19(21)17-7-5-6-14(3)10-17;/h6-9,14-15,30H,10-13,16H2,1-5H3,(H,29,33);5-11,24H,1-4H3,(H,23,25);5-11,13,20H,12H2,1-4H3;1H4. The van der Waals surface area contributed by atoms with Gasteiger partial charge in [0.25, 0.3) is 11.8 Å². The van der Waals surface area contributed by atoms with Crippen molar-refractivity contribution in [1.82, 2.24) is 9.80 Å². The van der Waals surface area contributed by atoms with Crippen molar-refractivity contribution in [3.05, 3.63) is 183 Å². The van der Waals surface area contributed by atoms with E-state index >= 15 is 0 Å². The Morgan fingerprint density at radius 1 is 0.550 bits per heavy atom. The maximum absolute atomic E-state index is 13.8. The molecule has 6 aromatic rings. The first-order chi connectivity index (χ1) is 36.7. The van der Waals surface area contributed by atoms with Crippen molar-refractivity contribution in [2.45, 2.75) is 133 Å². The maximum Gasteiger partial charge on any atom is 0.416 e. The number of Topliss-reactive ketones (excluding diaryl/α,β-unsaturated/α-hetero) is 1. The number of aryl methyl sites for hydroxylation is 4. The SMILES string of the molecule is C.Cc1ccc(C(=O)Nc2ccc(CN3CCN(C)CC3)c(C(F)(F)F)c2)cc1NC(C)(C)C.Cc1ccc(C(=O)Nc2cccc(C(F)(F)F)c2)cc1NC(C)(C)C.Cc1cccc(C(=O)Cc2ccc(C)c(NC(C)C)c2)c1. The number of piperazine rings is 1. The first-order valence-corrected chi connectivity index (χ1v) is 26.4. The van der Waals surface area contributed by atoms with Gasteiger partial charge < -0.3 is 31.5 Å². The number of halogens is 6. The average Bonchev–Trinajstić information content (AvgIpc) is 3.35. The molecule has 16 heteroatoms. The second-order valence-electron chi connectivity index (χ2n) is 22.7. The molecule has 1 fully saturated rings. The summed E-state index contributed by atoms with van der Waals surface area (Å²) in [6, 6.07) is 33.3. The van der Waals surface area contributed by atoms with Crippen LogP contribution in [0.3, 0.4) is 0 Å². The first kappa shape index (κ1) is 65.3. The molecule has 7 rings (SSSR count). The van der Waals surface area contributed by atoms with E-state index < -0.39 is 35.3 Å². The summed E-state index contributed by atoms with van der Waals surface area (Å²) in [5, 5.41) is 15.2. The van der Waals surface area contributed by atoms with Gasteiger partial charge in [-0.15, -0.1) is 0 Å². The smallest absolute Gasteiger partial charge is 0.383 e. The van der Waals surface area contributed by atoms with Gasteiger partial charge in [0.15, 0.2) is 5.78 Å². The molecule has 5 N–H and O–H groups in total. The summed E-state index contributed by atoms with van der Waals surface area (Å²) in [4.78, 5) is 41.7. The van der Waals surface area contributed by atoms with Gasteiger partial charge in [-0.3, -0.25) is 19.3 Å². The minimum Gasteiger partial charge on any atom is -0.383 e. The lowest BCUT2D eigenvalue weighted by atomic mass is 10.00. The number of carbonyl (C=O) groups excluding carboxylic acids is 3. The molecule has 1 saturated heterocycles. The van der Waals surface area contributed by atoms with Gasteiger partial charge in [0.1, 0.15) is 0 Å². The van der Waals surface area contributed by atoms with Crippen LogP contribution in [0.4, 0.5) is 54.8 Å². The van der Waals surface area contributed by atoms with Crippen LogP contribution in [0, 0.1) is 27.7 Å². The summed E-state index contributed by atoms with van der Waals surface area (Å²) < 4.78 is 79.7. The van der Waals surface area contributed by atoms with E-state index in [4.69, 9.17) is 0 Å². The Hall–Kier alpha value is -7.17. The highest BCUT2D eigenvalue weighted by atomic mass is 19.4. The molecular formula is C64H81F6N7O3. The molecule has 0 bridgehead atoms. The Bertz CT molecular complexity index is 3060. The molecule has 0 saturated carbocycles. The molecule has 6 aromatic carbocycles. The van der Waals surface area contributed by atoms with Crippen molar-refractivity contribution < 1.29 is 40.7 Å². The van der Waals surface area contributed by atoms with E-state index in [2.05, 4.69) is 64.4 Å². The van der Waals surface area contributed by atoms with Crippen LogP contribution in [0.25, 0.3) is 0 Å². The van der Waals surface area contributed by atoms with Gasteiger partial charge in [0, 0.05) is 101 Å². The molecule has 1 aliphatic rings. The molecule has 0 aromatic heterocycles. The molecular weight excluding hydrogens is 1030 g/mol. The Balaban J connectivity index is 0.000000264. The lowest BCUT2D eigenvalue weighted by molar-refractivity contribution is -0.139. The first-order valence-electron chi connectivity index (χ1n) is 26.4. The summed E-state index contributed by atoms with van der Waals surface area (Å²) in [6.45, 7) is 27.6. The normalized spacial score (nSPS) is 13.2. The fourth-order valence-electron chi connectivity index (χ4n) is 8.44. The number of amides is 2. The van der Waals surface area contributed by atoms with E-state index in [0.29, 0.717) is 23.6 Å². The fourth-order valence-corrected chi connectivity index (χ4v) is 8.44. The minimum absolute atomic E-state index is 0. The number of hydrogen-bond acceptors (Lipinski definition) is 8. The van der Waals surface area contributed by atoms with Crippen LogP contribution in [0.15, 0.2) is 121 Å². The van der Waals surface area contributed by atoms with Crippen LogP contribution < -0.4 is 26.6 Å². The summed E-state index contributed by atoms with van der Waals surface area (Å²) in [5.74, 6) is -0.749. The van der Waals surface area contributed by atoms with E-state index in [1.165, 1.54) is 23.8 Å². The number of likely N-dealkylation sites (N-methyl/N-ethyl adjacent to an activating group) is 1. The third kappa shape index (κ3) is 20.8. The summed E-state index contributed by atoms with van der Waals surface area (Å²) in [7, 11) is 2.01. The molecule has 10 nitrogen and oxygen atoms in total. The molecule has 1 heterocycles. The largest absolute Gasteiger partial charge is 0.416 e. The van der Waals surface area contributed by atoms with E-state index in [-0.39, 0.29) is 47.8 Å². The van der Waals surface area contributed by atoms with Crippen molar-refractivity contribution in [3.63, 3.8) is 0 Å². The maximum atomic E-state index is 13.8. The summed E-state index contributed by atoms with van der Waals surface area (Å²) >= 11 is 0. The van der Waals surface area contributed by atoms with E-state index in [1.54, 1.807) is 36.4 Å². The number of anilines is 5. The van der Waals surface area contributed by atoms with Gasteiger partial charge in [-0.1, -0.05) is 67.6 Å². The number of nitrogens with zero attached hydrogens (tertiary/aromatic N) is 2. The average molecular weight is 1110 g/mol. The van der Waals surface area contributed by atoms with Crippen molar-refractivity contribution >= 4 is 46.0 Å². The highest BCUT2D eigenvalue weighted by Crippen LogP contribution is 2.35. The predicted molar refractivity (Wildman–Crippen MR) is 317 cm³/mol. The lowest BCUT2D eigenvalue weighted by Crippen LogP contribution is -2.44. The topological polar surface area (TPSA) is 118 Å². The Morgan fingerprint density at radius 2 is 1.06 bits per heavy atom. The van der Waals surface area contributed by atoms with Gasteiger partial charge in [0.2, 0.25) is 0 Å². The number of carbonyl (C=O) groups is 3. The second kappa shape index (κ2) is 27.8. The third-order valence-corrected chi connectivity index (χ3v) is 12.6. The van der Waals surface area contributed by atoms with Crippen LogP contribution in [-0.2, 0) is 25.3 Å². The zero-order valence-corrected chi connectivity index (χ0v) is 47.8. The molecule has 0 spiro atoms. The number of alkyl halides is 6. The Kier molecular flexibility index (Phi) is 22.7. The van der Waals surface area contributed by atoms with Crippen LogP contribution in [0.1, 0.15) is 138 Å². The van der Waals surface area contributed by atoms with Gasteiger partial charge in [-0.05, 0) is 185 Å². The molecule has 0 atom stereocenters. The second-order valence-corrected chi connectivity index (χ2v) is 22.7. The quantitative estimate of drug-likeness (QED) is 0.0573. The Labute approximate surface area is 470 Å². The summed E-state index contributed by atoms with van der Waals surface area (Å²) in [6.07, 6.45) is -8.51. The van der Waals surface area contributed by atoms with Crippen molar-refractivity contribution in [1.29, 1.82) is 0 Å². The van der Waals surface area contributed by atoms with Crippen molar-refractivity contribution in [3.8, 4) is 0 Å². The molecule has 0 radical (unpaired) electrons.